The Hall–Kier alpha value is -0.880. The summed E-state index contributed by atoms with van der Waals surface area (Å²) in [6.45, 7) is 8.56. The molecule has 0 spiro atoms. The van der Waals surface area contributed by atoms with Crippen molar-refractivity contribution in [3.8, 4) is 0 Å². The van der Waals surface area contributed by atoms with Gasteiger partial charge in [0.2, 0.25) is 6.41 Å². The lowest BCUT2D eigenvalue weighted by Gasteiger charge is -2.20. The van der Waals surface area contributed by atoms with Crippen molar-refractivity contribution in [3.63, 3.8) is 0 Å². The van der Waals surface area contributed by atoms with Crippen molar-refractivity contribution in [1.29, 1.82) is 0 Å². The largest absolute Gasteiger partial charge is 0.392 e. The van der Waals surface area contributed by atoms with Crippen LogP contribution in [0.15, 0.2) is 24.8 Å². The summed E-state index contributed by atoms with van der Waals surface area (Å²) < 4.78 is 0. The lowest BCUT2D eigenvalue weighted by atomic mass is 10.1. The summed E-state index contributed by atoms with van der Waals surface area (Å²) in [7, 11) is 0. The van der Waals surface area contributed by atoms with Gasteiger partial charge in [0.1, 0.15) is 0 Å². The van der Waals surface area contributed by atoms with E-state index in [4.69, 9.17) is 4.84 Å². The molecule has 98 valence electrons. The van der Waals surface area contributed by atoms with Gasteiger partial charge < -0.3 is 10.4 Å². The molecule has 1 rings (SSSR count). The fourth-order valence-electron chi connectivity index (χ4n) is 1.60. The maximum Gasteiger partial charge on any atom is 0.233 e. The number of hydroxylamine groups is 2. The third-order valence-electron chi connectivity index (χ3n) is 2.44. The quantitative estimate of drug-likeness (QED) is 0.393. The van der Waals surface area contributed by atoms with Crippen LogP contribution in [0.4, 0.5) is 0 Å². The predicted octanol–water partition coefficient (Wildman–Crippen LogP) is 0.263. The van der Waals surface area contributed by atoms with Gasteiger partial charge >= 0.3 is 0 Å². The van der Waals surface area contributed by atoms with E-state index in [1.165, 1.54) is 5.06 Å². The van der Waals surface area contributed by atoms with Crippen molar-refractivity contribution >= 4 is 18.8 Å². The summed E-state index contributed by atoms with van der Waals surface area (Å²) in [6, 6.07) is 0.0461. The number of halogens is 1. The Bertz CT molecular complexity index is 273. The molecule has 5 nitrogen and oxygen atoms in total. The van der Waals surface area contributed by atoms with Crippen LogP contribution in [0.3, 0.4) is 0 Å². The lowest BCUT2D eigenvalue weighted by molar-refractivity contribution is -0.164. The van der Waals surface area contributed by atoms with Gasteiger partial charge in [-0.25, -0.2) is 5.06 Å². The zero-order chi connectivity index (χ0) is 12.0. The molecule has 0 aliphatic carbocycles. The molecule has 0 bridgehead atoms. The molecule has 0 aromatic carbocycles. The van der Waals surface area contributed by atoms with Gasteiger partial charge in [0.25, 0.3) is 0 Å². The molecule has 1 aliphatic rings. The minimum Gasteiger partial charge on any atom is -0.392 e. The second-order valence-electron chi connectivity index (χ2n) is 3.77. The molecule has 2 N–H and O–H groups in total. The Morgan fingerprint density at radius 2 is 2.35 bits per heavy atom. The molecule has 0 saturated carbocycles. The van der Waals surface area contributed by atoms with Gasteiger partial charge in [0.05, 0.1) is 19.3 Å². The number of aliphatic hydroxyl groups excluding tert-OH is 1. The fraction of sp³-hybridized carbons (Fsp3) is 0.545. The first-order valence-corrected chi connectivity index (χ1v) is 5.22. The van der Waals surface area contributed by atoms with Crippen LogP contribution < -0.4 is 5.32 Å². The summed E-state index contributed by atoms with van der Waals surface area (Å²) in [5.41, 5.74) is 0.827. The van der Waals surface area contributed by atoms with Gasteiger partial charge in [-0.1, -0.05) is 12.7 Å². The third kappa shape index (κ3) is 5.32. The molecule has 1 amide bonds. The highest BCUT2D eigenvalue weighted by atomic mass is 35.5. The predicted molar refractivity (Wildman–Crippen MR) is 67.7 cm³/mol. The Morgan fingerprint density at radius 3 is 2.82 bits per heavy atom. The van der Waals surface area contributed by atoms with E-state index in [1.54, 1.807) is 6.08 Å². The summed E-state index contributed by atoms with van der Waals surface area (Å²) >= 11 is 0. The Kier molecular flexibility index (Phi) is 7.82. The van der Waals surface area contributed by atoms with Crippen LogP contribution in [0.2, 0.25) is 0 Å². The number of aliphatic hydroxyl groups is 1. The molecule has 1 fully saturated rings. The molecular weight excluding hydrogens is 244 g/mol. The number of nitrogens with one attached hydrogen (secondary N) is 1. The summed E-state index contributed by atoms with van der Waals surface area (Å²) in [5, 5.41) is 13.7. The number of β-amino-alcohol motifs (C(OH)–C–C–N with tert-alkyl or cyclic N) is 1. The molecule has 0 aromatic rings. The molecule has 1 aliphatic heterocycles. The van der Waals surface area contributed by atoms with E-state index in [2.05, 4.69) is 18.5 Å². The maximum atomic E-state index is 10.7. The first-order chi connectivity index (χ1) is 7.67. The van der Waals surface area contributed by atoms with Crippen LogP contribution in [0.25, 0.3) is 0 Å². The smallest absolute Gasteiger partial charge is 0.233 e. The van der Waals surface area contributed by atoms with Gasteiger partial charge in [-0.2, -0.15) is 0 Å². The molecule has 2 atom stereocenters. The van der Waals surface area contributed by atoms with E-state index >= 15 is 0 Å². The van der Waals surface area contributed by atoms with Crippen LogP contribution in [0.5, 0.6) is 0 Å². The number of hydrogen-bond donors (Lipinski definition) is 2. The summed E-state index contributed by atoms with van der Waals surface area (Å²) in [6.07, 6.45) is 2.48. The molecule has 0 radical (unpaired) electrons. The highest BCUT2D eigenvalue weighted by molar-refractivity contribution is 5.85. The third-order valence-corrected chi connectivity index (χ3v) is 2.44. The van der Waals surface area contributed by atoms with Gasteiger partial charge in [0, 0.05) is 12.6 Å². The van der Waals surface area contributed by atoms with Crippen LogP contribution in [-0.4, -0.2) is 48.4 Å². The average Bonchev–Trinajstić information content (AvgIpc) is 2.70. The zero-order valence-electron chi connectivity index (χ0n) is 9.67. The van der Waals surface area contributed by atoms with Crippen LogP contribution in [-0.2, 0) is 9.63 Å². The normalized spacial score (nSPS) is 22.6. The fourth-order valence-corrected chi connectivity index (χ4v) is 1.60. The molecule has 17 heavy (non-hydrogen) atoms. The van der Waals surface area contributed by atoms with E-state index in [0.29, 0.717) is 25.9 Å². The van der Waals surface area contributed by atoms with Crippen LogP contribution >= 0.6 is 12.4 Å². The van der Waals surface area contributed by atoms with E-state index in [-0.39, 0.29) is 31.2 Å². The Morgan fingerprint density at radius 1 is 1.65 bits per heavy atom. The van der Waals surface area contributed by atoms with E-state index in [1.807, 2.05) is 0 Å². The number of carbonyl (C=O) groups is 1. The number of rotatable bonds is 7. The summed E-state index contributed by atoms with van der Waals surface area (Å²) in [4.78, 5) is 15.8. The zero-order valence-corrected chi connectivity index (χ0v) is 10.5. The maximum absolute atomic E-state index is 10.7. The topological polar surface area (TPSA) is 61.8 Å². The van der Waals surface area contributed by atoms with Gasteiger partial charge in [-0.3, -0.25) is 9.63 Å². The molecule has 1 heterocycles. The van der Waals surface area contributed by atoms with E-state index in [0.717, 1.165) is 5.57 Å². The van der Waals surface area contributed by atoms with Crippen molar-refractivity contribution in [1.82, 2.24) is 10.4 Å². The molecular formula is C11H19ClN2O3. The van der Waals surface area contributed by atoms with Crippen molar-refractivity contribution in [2.75, 3.05) is 19.7 Å². The highest BCUT2D eigenvalue weighted by Gasteiger charge is 2.24. The van der Waals surface area contributed by atoms with Gasteiger partial charge in [0.15, 0.2) is 0 Å². The molecule has 0 aromatic heterocycles. The molecule has 1 saturated heterocycles. The highest BCUT2D eigenvalue weighted by Crippen LogP contribution is 2.14. The molecule has 6 heteroatoms. The monoisotopic (exact) mass is 262 g/mol. The standard InChI is InChI=1S/C11H18N2O3.ClH/c1-3-4-16-13(8-14)7-9(2)11-5-10(15)6-12-11;/h3,8,10-12,15H,1-2,4-7H2;1H/t10-,11+;/m1./s1. The number of hydrogen-bond acceptors (Lipinski definition) is 4. The first-order valence-electron chi connectivity index (χ1n) is 5.22. The van der Waals surface area contributed by atoms with Crippen LogP contribution in [0.1, 0.15) is 6.42 Å². The SMILES string of the molecule is C=CCON(C=O)CC(=C)[C@@H]1C[C@@H](O)CN1.Cl. The average molecular weight is 263 g/mol. The van der Waals surface area contributed by atoms with E-state index in [9.17, 15) is 9.90 Å². The Labute approximate surface area is 107 Å². The number of nitrogens with zero attached hydrogens (tertiary/aromatic N) is 1. The van der Waals surface area contributed by atoms with Crippen molar-refractivity contribution in [3.05, 3.63) is 24.8 Å². The Balaban J connectivity index is 0.00000256. The second kappa shape index (κ2) is 8.25. The van der Waals surface area contributed by atoms with Crippen molar-refractivity contribution in [2.24, 2.45) is 0 Å². The first kappa shape index (κ1) is 16.1. The van der Waals surface area contributed by atoms with Gasteiger partial charge in [-0.15, -0.1) is 19.0 Å². The van der Waals surface area contributed by atoms with Crippen LogP contribution in [0, 0.1) is 0 Å². The number of amides is 1. The second-order valence-corrected chi connectivity index (χ2v) is 3.77. The van der Waals surface area contributed by atoms with Gasteiger partial charge in [-0.05, 0) is 12.0 Å². The lowest BCUT2D eigenvalue weighted by Crippen LogP contribution is -2.32. The minimum atomic E-state index is -0.333. The van der Waals surface area contributed by atoms with Crippen molar-refractivity contribution < 1.29 is 14.7 Å². The summed E-state index contributed by atoms with van der Waals surface area (Å²) in [5.74, 6) is 0. The molecule has 0 unspecified atom stereocenters. The minimum absolute atomic E-state index is 0. The van der Waals surface area contributed by atoms with Crippen molar-refractivity contribution in [2.45, 2.75) is 18.6 Å². The number of carbonyl (C=O) groups excluding carboxylic acids is 1. The van der Waals surface area contributed by atoms with E-state index < -0.39 is 0 Å².